The summed E-state index contributed by atoms with van der Waals surface area (Å²) >= 11 is 0. The van der Waals surface area contributed by atoms with Gasteiger partial charge in [-0.25, -0.2) is 4.68 Å². The number of nitro groups is 1. The van der Waals surface area contributed by atoms with Gasteiger partial charge in [0.2, 0.25) is 5.95 Å². The average molecular weight is 425 g/mol. The molecule has 0 radical (unpaired) electrons. The second-order valence-corrected chi connectivity index (χ2v) is 7.54. The van der Waals surface area contributed by atoms with E-state index >= 15 is 0 Å². The lowest BCUT2D eigenvalue weighted by molar-refractivity contribution is -0.385. The smallest absolute Gasteiger partial charge is 0.269 e. The Balaban J connectivity index is 1.67. The van der Waals surface area contributed by atoms with Gasteiger partial charge in [-0.1, -0.05) is 72.8 Å². The molecule has 0 N–H and O–H groups in total. The first-order chi connectivity index (χ1) is 15.6. The van der Waals surface area contributed by atoms with Crippen molar-refractivity contribution in [3.63, 3.8) is 0 Å². The number of nitro benzene ring substituents is 1. The minimum atomic E-state index is -0.536. The Bertz CT molecular complexity index is 1270. The van der Waals surface area contributed by atoms with Crippen LogP contribution in [0.5, 0.6) is 0 Å². The maximum absolute atomic E-state index is 13.8. The van der Waals surface area contributed by atoms with Crippen molar-refractivity contribution in [3.8, 4) is 0 Å². The summed E-state index contributed by atoms with van der Waals surface area (Å²) in [4.78, 5) is 30.7. The molecule has 0 spiro atoms. The van der Waals surface area contributed by atoms with E-state index in [2.05, 4.69) is 10.1 Å². The van der Waals surface area contributed by atoms with E-state index in [0.29, 0.717) is 12.4 Å². The molecule has 8 heteroatoms. The van der Waals surface area contributed by atoms with Crippen molar-refractivity contribution in [2.24, 2.45) is 0 Å². The number of anilines is 1. The third-order valence-electron chi connectivity index (χ3n) is 5.74. The molecular formula is C24H19N5O3. The standard InChI is InChI=1S/C24H19N5O3/c30-23(19-13-7-8-14-20(19)29(31)32)27-21(17-9-3-1-4-10-17)15-22(18-11-5-2-6-12-18)28-24(27)25-16-26-28/h1-14,16,21-22H,15H2. The van der Waals surface area contributed by atoms with Crippen molar-refractivity contribution in [1.29, 1.82) is 0 Å². The Labute approximate surface area is 183 Å². The first-order valence-electron chi connectivity index (χ1n) is 10.2. The van der Waals surface area contributed by atoms with E-state index in [1.807, 2.05) is 60.7 Å². The topological polar surface area (TPSA) is 94.2 Å². The van der Waals surface area contributed by atoms with Gasteiger partial charge in [0.05, 0.1) is 17.0 Å². The highest BCUT2D eigenvalue weighted by molar-refractivity contribution is 6.08. The quantitative estimate of drug-likeness (QED) is 0.353. The molecule has 32 heavy (non-hydrogen) atoms. The van der Waals surface area contributed by atoms with Crippen LogP contribution < -0.4 is 4.90 Å². The molecule has 2 unspecified atom stereocenters. The fourth-order valence-electron chi connectivity index (χ4n) is 4.28. The summed E-state index contributed by atoms with van der Waals surface area (Å²) in [6.07, 6.45) is 1.97. The fraction of sp³-hybridized carbons (Fsp3) is 0.125. The van der Waals surface area contributed by atoms with Gasteiger partial charge < -0.3 is 0 Å². The second kappa shape index (κ2) is 8.07. The lowest BCUT2D eigenvalue weighted by atomic mass is 9.91. The SMILES string of the molecule is O=C(c1ccccc1[N+](=O)[O-])N1c2ncnn2C(c2ccccc2)CC1c1ccccc1. The van der Waals surface area contributed by atoms with Crippen molar-refractivity contribution in [1.82, 2.24) is 14.8 Å². The van der Waals surface area contributed by atoms with Crippen molar-refractivity contribution in [2.75, 3.05) is 4.90 Å². The van der Waals surface area contributed by atoms with Crippen LogP contribution in [0.15, 0.2) is 91.3 Å². The predicted molar refractivity (Wildman–Crippen MR) is 118 cm³/mol. The zero-order valence-corrected chi connectivity index (χ0v) is 17.0. The number of fused-ring (bicyclic) bond motifs is 1. The molecule has 1 aromatic heterocycles. The highest BCUT2D eigenvalue weighted by Crippen LogP contribution is 2.42. The number of rotatable bonds is 4. The average Bonchev–Trinajstić information content (AvgIpc) is 3.33. The maximum Gasteiger partial charge on any atom is 0.282 e. The summed E-state index contributed by atoms with van der Waals surface area (Å²) < 4.78 is 1.72. The van der Waals surface area contributed by atoms with E-state index < -0.39 is 10.8 Å². The van der Waals surface area contributed by atoms with Crippen molar-refractivity contribution < 1.29 is 9.72 Å². The van der Waals surface area contributed by atoms with Gasteiger partial charge in [-0.15, -0.1) is 0 Å². The number of nitrogens with zero attached hydrogens (tertiary/aromatic N) is 5. The van der Waals surface area contributed by atoms with Gasteiger partial charge in [0.1, 0.15) is 11.9 Å². The summed E-state index contributed by atoms with van der Waals surface area (Å²) in [7, 11) is 0. The van der Waals surface area contributed by atoms with Crippen LogP contribution >= 0.6 is 0 Å². The van der Waals surface area contributed by atoms with Gasteiger partial charge in [-0.05, 0) is 23.6 Å². The number of carbonyl (C=O) groups is 1. The second-order valence-electron chi connectivity index (χ2n) is 7.54. The van der Waals surface area contributed by atoms with Gasteiger partial charge >= 0.3 is 0 Å². The summed E-state index contributed by atoms with van der Waals surface area (Å²) in [5.74, 6) is -0.117. The van der Waals surface area contributed by atoms with Crippen molar-refractivity contribution >= 4 is 17.5 Å². The van der Waals surface area contributed by atoms with Gasteiger partial charge in [0, 0.05) is 6.07 Å². The molecule has 5 rings (SSSR count). The first kappa shape index (κ1) is 19.6. The first-order valence-corrected chi connectivity index (χ1v) is 10.2. The summed E-state index contributed by atoms with van der Waals surface area (Å²) in [6.45, 7) is 0. The third kappa shape index (κ3) is 3.31. The van der Waals surface area contributed by atoms with Gasteiger partial charge in [0.15, 0.2) is 0 Å². The number of carbonyl (C=O) groups excluding carboxylic acids is 1. The summed E-state index contributed by atoms with van der Waals surface area (Å²) in [6, 6.07) is 25.1. The van der Waals surface area contributed by atoms with Crippen molar-refractivity contribution in [3.05, 3.63) is 118 Å². The molecule has 0 fully saturated rings. The predicted octanol–water partition coefficient (Wildman–Crippen LogP) is 4.57. The van der Waals surface area contributed by atoms with Gasteiger partial charge in [-0.3, -0.25) is 19.8 Å². The van der Waals surface area contributed by atoms with Gasteiger partial charge in [0.25, 0.3) is 11.6 Å². The van der Waals surface area contributed by atoms with Crippen LogP contribution in [-0.2, 0) is 0 Å². The third-order valence-corrected chi connectivity index (χ3v) is 5.74. The fourth-order valence-corrected chi connectivity index (χ4v) is 4.28. The minimum Gasteiger partial charge on any atom is -0.269 e. The molecule has 4 aromatic rings. The van der Waals surface area contributed by atoms with Crippen LogP contribution in [0.1, 0.15) is 40.0 Å². The molecule has 1 aliphatic heterocycles. The van der Waals surface area contributed by atoms with E-state index in [9.17, 15) is 14.9 Å². The largest absolute Gasteiger partial charge is 0.282 e. The molecule has 8 nitrogen and oxygen atoms in total. The zero-order valence-electron chi connectivity index (χ0n) is 17.0. The Hall–Kier alpha value is -4.33. The van der Waals surface area contributed by atoms with E-state index in [-0.39, 0.29) is 23.3 Å². The molecule has 0 saturated carbocycles. The van der Waals surface area contributed by atoms with Crippen molar-refractivity contribution in [2.45, 2.75) is 18.5 Å². The monoisotopic (exact) mass is 425 g/mol. The molecule has 2 heterocycles. The molecule has 158 valence electrons. The molecule has 1 aliphatic rings. The summed E-state index contributed by atoms with van der Waals surface area (Å²) in [5, 5.41) is 16.0. The lowest BCUT2D eigenvalue weighted by Gasteiger charge is -2.39. The van der Waals surface area contributed by atoms with Crippen LogP contribution in [0.25, 0.3) is 0 Å². The van der Waals surface area contributed by atoms with Crippen LogP contribution in [0.2, 0.25) is 0 Å². The number of amides is 1. The number of hydrogen-bond donors (Lipinski definition) is 0. The lowest BCUT2D eigenvalue weighted by Crippen LogP contribution is -2.42. The number of aromatic nitrogens is 3. The Kier molecular flexibility index (Phi) is 4.95. The van der Waals surface area contributed by atoms with E-state index in [1.165, 1.54) is 23.4 Å². The minimum absolute atomic E-state index is 0.0196. The molecule has 3 aromatic carbocycles. The molecule has 1 amide bonds. The molecular weight excluding hydrogens is 406 g/mol. The van der Waals surface area contributed by atoms with Crippen LogP contribution in [-0.4, -0.2) is 25.6 Å². The van der Waals surface area contributed by atoms with E-state index in [1.54, 1.807) is 16.8 Å². The number of benzene rings is 3. The van der Waals surface area contributed by atoms with Crippen LogP contribution in [0.4, 0.5) is 11.6 Å². The number of hydrogen-bond acceptors (Lipinski definition) is 5. The Morgan fingerprint density at radius 2 is 1.47 bits per heavy atom. The molecule has 0 saturated heterocycles. The van der Waals surface area contributed by atoms with Gasteiger partial charge in [-0.2, -0.15) is 10.1 Å². The Morgan fingerprint density at radius 3 is 2.12 bits per heavy atom. The zero-order chi connectivity index (χ0) is 22.1. The van der Waals surface area contributed by atoms with Crippen LogP contribution in [0, 0.1) is 10.1 Å². The van der Waals surface area contributed by atoms with Crippen LogP contribution in [0.3, 0.4) is 0 Å². The number of para-hydroxylation sites is 1. The molecule has 0 aliphatic carbocycles. The maximum atomic E-state index is 13.8. The summed E-state index contributed by atoms with van der Waals surface area (Å²) in [5.41, 5.74) is 1.76. The highest BCUT2D eigenvalue weighted by Gasteiger charge is 2.41. The Morgan fingerprint density at radius 1 is 0.875 bits per heavy atom. The highest BCUT2D eigenvalue weighted by atomic mass is 16.6. The van der Waals surface area contributed by atoms with E-state index in [4.69, 9.17) is 0 Å². The normalized spacial score (nSPS) is 17.6. The molecule has 0 bridgehead atoms. The van der Waals surface area contributed by atoms with E-state index in [0.717, 1.165) is 11.1 Å². The molecule has 2 atom stereocenters.